The Morgan fingerprint density at radius 2 is 2.00 bits per heavy atom. The first-order valence-electron chi connectivity index (χ1n) is 3.41. The second-order valence-electron chi connectivity index (χ2n) is 2.44. The Balaban J connectivity index is 4.08. The molecular weight excluding hydrogens is 150 g/mol. The lowest BCUT2D eigenvalue weighted by molar-refractivity contribution is 0.573. The van der Waals surface area contributed by atoms with Crippen molar-refractivity contribution < 1.29 is 8.42 Å². The Labute approximate surface area is 62.5 Å². The second-order valence-corrected chi connectivity index (χ2v) is 4.76. The maximum atomic E-state index is 10.9. The van der Waals surface area contributed by atoms with E-state index in [-0.39, 0.29) is 5.25 Å². The third kappa shape index (κ3) is 3.17. The molecule has 4 heteroatoms. The van der Waals surface area contributed by atoms with Gasteiger partial charge in [-0.25, -0.2) is 8.42 Å². The van der Waals surface area contributed by atoms with Gasteiger partial charge in [-0.15, -0.1) is 0 Å². The van der Waals surface area contributed by atoms with E-state index in [1.165, 1.54) is 6.26 Å². The Morgan fingerprint density at radius 3 is 2.10 bits per heavy atom. The molecular formula is C6H15NO2S. The van der Waals surface area contributed by atoms with E-state index in [2.05, 4.69) is 0 Å². The monoisotopic (exact) mass is 165 g/mol. The normalized spacial score (nSPS) is 15.1. The highest BCUT2D eigenvalue weighted by atomic mass is 32.2. The van der Waals surface area contributed by atoms with Gasteiger partial charge in [-0.3, -0.25) is 0 Å². The van der Waals surface area contributed by atoms with Gasteiger partial charge in [0.1, 0.15) is 9.84 Å². The van der Waals surface area contributed by atoms with Crippen molar-refractivity contribution in [3.63, 3.8) is 0 Å². The summed E-state index contributed by atoms with van der Waals surface area (Å²) >= 11 is 0. The van der Waals surface area contributed by atoms with E-state index < -0.39 is 9.84 Å². The Morgan fingerprint density at radius 1 is 1.50 bits per heavy atom. The summed E-state index contributed by atoms with van der Waals surface area (Å²) in [6.45, 7) is 2.31. The zero-order valence-electron chi connectivity index (χ0n) is 6.50. The molecule has 1 atom stereocenters. The standard InChI is InChI=1S/C6H15NO2S/c1-3-6(4-5-7)10(2,8)9/h6H,3-5,7H2,1-2H3. The van der Waals surface area contributed by atoms with Gasteiger partial charge >= 0.3 is 0 Å². The summed E-state index contributed by atoms with van der Waals surface area (Å²) in [5.41, 5.74) is 5.24. The molecule has 0 aliphatic rings. The minimum Gasteiger partial charge on any atom is -0.330 e. The first-order valence-corrected chi connectivity index (χ1v) is 5.36. The molecule has 0 saturated carbocycles. The van der Waals surface area contributed by atoms with Crippen molar-refractivity contribution >= 4 is 9.84 Å². The lowest BCUT2D eigenvalue weighted by Gasteiger charge is -2.09. The van der Waals surface area contributed by atoms with E-state index in [9.17, 15) is 8.42 Å². The molecule has 0 amide bonds. The average molecular weight is 165 g/mol. The molecule has 3 nitrogen and oxygen atoms in total. The molecule has 10 heavy (non-hydrogen) atoms. The molecule has 0 spiro atoms. The summed E-state index contributed by atoms with van der Waals surface area (Å²) in [5, 5.41) is -0.238. The van der Waals surface area contributed by atoms with Crippen LogP contribution in [0.5, 0.6) is 0 Å². The van der Waals surface area contributed by atoms with E-state index in [4.69, 9.17) is 5.73 Å². The van der Waals surface area contributed by atoms with Crippen molar-refractivity contribution in [2.45, 2.75) is 25.0 Å². The molecule has 0 saturated heterocycles. The molecule has 0 aliphatic carbocycles. The van der Waals surface area contributed by atoms with Crippen LogP contribution >= 0.6 is 0 Å². The van der Waals surface area contributed by atoms with Gasteiger partial charge in [0.2, 0.25) is 0 Å². The van der Waals surface area contributed by atoms with Gasteiger partial charge in [0.25, 0.3) is 0 Å². The highest BCUT2D eigenvalue weighted by Crippen LogP contribution is 2.06. The molecule has 62 valence electrons. The third-order valence-electron chi connectivity index (χ3n) is 1.55. The first-order chi connectivity index (χ1) is 4.52. The molecule has 0 aromatic heterocycles. The molecule has 0 aromatic carbocycles. The van der Waals surface area contributed by atoms with Gasteiger partial charge in [0.05, 0.1) is 5.25 Å². The van der Waals surface area contributed by atoms with E-state index in [1.54, 1.807) is 0 Å². The fourth-order valence-corrected chi connectivity index (χ4v) is 2.08. The van der Waals surface area contributed by atoms with Crippen molar-refractivity contribution in [3.8, 4) is 0 Å². The van der Waals surface area contributed by atoms with Crippen LogP contribution in [-0.2, 0) is 9.84 Å². The predicted molar refractivity (Wildman–Crippen MR) is 42.6 cm³/mol. The maximum absolute atomic E-state index is 10.9. The van der Waals surface area contributed by atoms with Crippen LogP contribution in [0.15, 0.2) is 0 Å². The van der Waals surface area contributed by atoms with Crippen LogP contribution < -0.4 is 5.73 Å². The molecule has 0 fully saturated rings. The van der Waals surface area contributed by atoms with Gasteiger partial charge < -0.3 is 5.73 Å². The zero-order valence-corrected chi connectivity index (χ0v) is 7.32. The van der Waals surface area contributed by atoms with Crippen molar-refractivity contribution in [2.75, 3.05) is 12.8 Å². The van der Waals surface area contributed by atoms with Crippen molar-refractivity contribution in [1.82, 2.24) is 0 Å². The van der Waals surface area contributed by atoms with Crippen LogP contribution in [0.4, 0.5) is 0 Å². The van der Waals surface area contributed by atoms with Gasteiger partial charge in [0.15, 0.2) is 0 Å². The van der Waals surface area contributed by atoms with Gasteiger partial charge in [-0.2, -0.15) is 0 Å². The molecule has 0 aromatic rings. The van der Waals surface area contributed by atoms with Crippen LogP contribution in [0.25, 0.3) is 0 Å². The number of hydrogen-bond acceptors (Lipinski definition) is 3. The summed E-state index contributed by atoms with van der Waals surface area (Å²) in [6, 6.07) is 0. The summed E-state index contributed by atoms with van der Waals surface area (Å²) in [5.74, 6) is 0. The van der Waals surface area contributed by atoms with E-state index >= 15 is 0 Å². The highest BCUT2D eigenvalue weighted by Gasteiger charge is 2.16. The third-order valence-corrected chi connectivity index (χ3v) is 3.33. The molecule has 1 unspecified atom stereocenters. The molecule has 0 heterocycles. The molecule has 0 bridgehead atoms. The number of hydrogen-bond donors (Lipinski definition) is 1. The fraction of sp³-hybridized carbons (Fsp3) is 1.00. The minimum atomic E-state index is -2.86. The van der Waals surface area contributed by atoms with E-state index in [1.807, 2.05) is 6.92 Å². The van der Waals surface area contributed by atoms with E-state index in [0.717, 1.165) is 0 Å². The fourth-order valence-electron chi connectivity index (χ4n) is 0.907. The minimum absolute atomic E-state index is 0.238. The van der Waals surface area contributed by atoms with Crippen molar-refractivity contribution in [1.29, 1.82) is 0 Å². The van der Waals surface area contributed by atoms with Crippen LogP contribution in [0.2, 0.25) is 0 Å². The summed E-state index contributed by atoms with van der Waals surface area (Å²) < 4.78 is 21.8. The van der Waals surface area contributed by atoms with Crippen LogP contribution in [0.3, 0.4) is 0 Å². The zero-order chi connectivity index (χ0) is 8.20. The summed E-state index contributed by atoms with van der Waals surface area (Å²) in [7, 11) is -2.86. The van der Waals surface area contributed by atoms with Crippen LogP contribution in [0, 0.1) is 0 Å². The topological polar surface area (TPSA) is 60.2 Å². The van der Waals surface area contributed by atoms with Gasteiger partial charge in [-0.05, 0) is 19.4 Å². The number of sulfone groups is 1. The smallest absolute Gasteiger partial charge is 0.150 e. The number of nitrogens with two attached hydrogens (primary N) is 1. The quantitative estimate of drug-likeness (QED) is 0.645. The largest absolute Gasteiger partial charge is 0.330 e. The molecule has 0 rings (SSSR count). The Bertz CT molecular complexity index is 174. The molecule has 0 aliphatic heterocycles. The maximum Gasteiger partial charge on any atom is 0.150 e. The van der Waals surface area contributed by atoms with Crippen LogP contribution in [-0.4, -0.2) is 26.5 Å². The van der Waals surface area contributed by atoms with Crippen LogP contribution in [0.1, 0.15) is 19.8 Å². The number of rotatable bonds is 4. The van der Waals surface area contributed by atoms with E-state index in [0.29, 0.717) is 19.4 Å². The Hall–Kier alpha value is -0.0900. The lowest BCUT2D eigenvalue weighted by atomic mass is 10.2. The van der Waals surface area contributed by atoms with Crippen molar-refractivity contribution in [2.24, 2.45) is 5.73 Å². The predicted octanol–water partition coefficient (Wildman–Crippen LogP) is 0.158. The Kier molecular flexibility index (Phi) is 3.89. The molecule has 0 radical (unpaired) electrons. The highest BCUT2D eigenvalue weighted by molar-refractivity contribution is 7.91. The summed E-state index contributed by atoms with van der Waals surface area (Å²) in [6.07, 6.45) is 2.50. The summed E-state index contributed by atoms with van der Waals surface area (Å²) in [4.78, 5) is 0. The second kappa shape index (κ2) is 3.93. The van der Waals surface area contributed by atoms with Crippen molar-refractivity contribution in [3.05, 3.63) is 0 Å². The van der Waals surface area contributed by atoms with Gasteiger partial charge in [-0.1, -0.05) is 6.92 Å². The van der Waals surface area contributed by atoms with Gasteiger partial charge in [0, 0.05) is 6.26 Å². The SMILES string of the molecule is CCC(CCN)S(C)(=O)=O. The first kappa shape index (κ1) is 9.91. The lowest BCUT2D eigenvalue weighted by Crippen LogP contribution is -2.22. The average Bonchev–Trinajstić information content (AvgIpc) is 1.80. The molecule has 2 N–H and O–H groups in total.